The van der Waals surface area contributed by atoms with E-state index in [-0.39, 0.29) is 26.2 Å². The first-order chi connectivity index (χ1) is 12.5. The molecule has 2 bridgehead atoms. The maximum atomic E-state index is 4.19. The van der Waals surface area contributed by atoms with Gasteiger partial charge in [0.05, 0.1) is 0 Å². The summed E-state index contributed by atoms with van der Waals surface area (Å²) in [5, 5.41) is 8.72. The average Bonchev–Trinajstić information content (AvgIpc) is 3.31. The zero-order valence-electron chi connectivity index (χ0n) is 16.2. The Kier molecular flexibility index (Phi) is 4.44. The van der Waals surface area contributed by atoms with Crippen LogP contribution in [0.15, 0.2) is 86.8 Å². The molecule has 4 aliphatic rings. The third-order valence-electron chi connectivity index (χ3n) is 6.00. The number of nitrogens with zero attached hydrogens (tertiary/aromatic N) is 1. The van der Waals surface area contributed by atoms with E-state index in [2.05, 4.69) is 80.5 Å². The van der Waals surface area contributed by atoms with E-state index in [1.54, 1.807) is 16.0 Å². The molecule has 0 fully saturated rings. The molecular weight excluding hydrogens is 422 g/mol. The number of allylic oxidation sites excluding steroid dienone is 5. The van der Waals surface area contributed by atoms with E-state index in [4.69, 9.17) is 0 Å². The van der Waals surface area contributed by atoms with Gasteiger partial charge in [-0.3, -0.25) is 4.99 Å². The van der Waals surface area contributed by atoms with Crippen molar-refractivity contribution in [2.75, 3.05) is 0 Å². The van der Waals surface area contributed by atoms with Gasteiger partial charge in [-0.05, 0) is 22.7 Å². The van der Waals surface area contributed by atoms with Crippen molar-refractivity contribution in [2.24, 2.45) is 4.99 Å². The standard InChI is InChI=1S/C14H11.C10H11NSi.Zr/c1-10-8-12-7-6-11-4-2-3-5-13(11)14(12)9-10;1-6-9-7-4-11-5-8(7)10(6)12(9,2)3;/h2-9H,1H3;4-5H,1-3H3;/q-1;;. The average molecular weight is 444 g/mol. The fourth-order valence-corrected chi connectivity index (χ4v) is 8.97. The predicted octanol–water partition coefficient (Wildman–Crippen LogP) is 6.40. The van der Waals surface area contributed by atoms with Gasteiger partial charge in [0.25, 0.3) is 0 Å². The molecule has 132 valence electrons. The Hall–Kier alpha value is -1.70. The van der Waals surface area contributed by atoms with Crippen molar-refractivity contribution in [1.82, 2.24) is 0 Å². The number of hydrogen-bond acceptors (Lipinski definition) is 1. The Labute approximate surface area is 180 Å². The molecule has 3 aromatic carbocycles. The van der Waals surface area contributed by atoms with Crippen molar-refractivity contribution < 1.29 is 26.2 Å². The molecule has 3 heteroatoms. The Morgan fingerprint density at radius 2 is 1.70 bits per heavy atom. The normalized spacial score (nSPS) is 18.1. The molecule has 1 nitrogen and oxygen atoms in total. The number of hydrogen-bond donors (Lipinski definition) is 0. The van der Waals surface area contributed by atoms with Crippen molar-refractivity contribution >= 4 is 35.8 Å². The number of benzene rings is 2. The van der Waals surface area contributed by atoms with Crippen LogP contribution in [0.5, 0.6) is 0 Å². The molecule has 3 heterocycles. The van der Waals surface area contributed by atoms with Gasteiger partial charge in [0.1, 0.15) is 8.07 Å². The van der Waals surface area contributed by atoms with Crippen LogP contribution in [0.4, 0.5) is 0 Å². The minimum Gasteiger partial charge on any atom is -0.263 e. The van der Waals surface area contributed by atoms with E-state index in [0.717, 1.165) is 0 Å². The van der Waals surface area contributed by atoms with Gasteiger partial charge in [-0.2, -0.15) is 6.07 Å². The van der Waals surface area contributed by atoms with Crippen LogP contribution in [0.1, 0.15) is 12.5 Å². The predicted molar refractivity (Wildman–Crippen MR) is 116 cm³/mol. The van der Waals surface area contributed by atoms with Crippen LogP contribution in [-0.2, 0) is 26.2 Å². The molecule has 27 heavy (non-hydrogen) atoms. The van der Waals surface area contributed by atoms with E-state index in [1.165, 1.54) is 38.3 Å². The van der Waals surface area contributed by atoms with Crippen molar-refractivity contribution in [2.45, 2.75) is 26.9 Å². The Balaban J connectivity index is 0.000000130. The summed E-state index contributed by atoms with van der Waals surface area (Å²) in [6, 6.07) is 17.4. The zero-order valence-corrected chi connectivity index (χ0v) is 19.7. The molecule has 0 saturated heterocycles. The maximum Gasteiger partial charge on any atom is 0.114 e. The summed E-state index contributed by atoms with van der Waals surface area (Å²) in [5.41, 5.74) is 5.79. The van der Waals surface area contributed by atoms with E-state index in [0.29, 0.717) is 0 Å². The summed E-state index contributed by atoms with van der Waals surface area (Å²) < 4.78 is 0. The monoisotopic (exact) mass is 442 g/mol. The molecule has 0 radical (unpaired) electrons. The van der Waals surface area contributed by atoms with Crippen LogP contribution in [-0.4, -0.2) is 14.3 Å². The molecular formula is C24H22NSiZr-. The second kappa shape index (κ2) is 6.43. The summed E-state index contributed by atoms with van der Waals surface area (Å²) in [6.07, 6.45) is 4.06. The van der Waals surface area contributed by atoms with Gasteiger partial charge in [0, 0.05) is 49.8 Å². The molecule has 0 N–H and O–H groups in total. The number of rotatable bonds is 0. The molecule has 1 aliphatic carbocycles. The minimum atomic E-state index is -1.11. The van der Waals surface area contributed by atoms with Crippen LogP contribution in [0.2, 0.25) is 13.1 Å². The second-order valence-electron chi connectivity index (χ2n) is 8.06. The Morgan fingerprint density at radius 1 is 0.926 bits per heavy atom. The van der Waals surface area contributed by atoms with Gasteiger partial charge >= 0.3 is 0 Å². The second-order valence-corrected chi connectivity index (χ2v) is 12.3. The van der Waals surface area contributed by atoms with Crippen molar-refractivity contribution in [3.8, 4) is 0 Å². The van der Waals surface area contributed by atoms with Gasteiger partial charge in [-0.25, -0.2) is 0 Å². The fraction of sp³-hybridized carbons (Fsp3) is 0.167. The van der Waals surface area contributed by atoms with Crippen LogP contribution in [0.25, 0.3) is 21.5 Å². The number of aliphatic imine (C=N–C) groups is 1. The van der Waals surface area contributed by atoms with E-state index < -0.39 is 8.07 Å². The smallest absolute Gasteiger partial charge is 0.114 e. The zero-order chi connectivity index (χ0) is 18.1. The molecule has 0 spiro atoms. The molecule has 0 aromatic heterocycles. The van der Waals surface area contributed by atoms with Crippen LogP contribution < -0.4 is 0 Å². The topological polar surface area (TPSA) is 12.4 Å². The number of aryl methyl sites for hydroxylation is 1. The number of fused-ring (bicyclic) bond motifs is 3. The first-order valence-corrected chi connectivity index (χ1v) is 12.2. The van der Waals surface area contributed by atoms with Crippen LogP contribution in [0.3, 0.4) is 0 Å². The SMILES string of the molecule is CC1=C2C3=CN=CC3=C1[Si]2(C)C.Cc1cc2c(ccc3ccccc32)[cH-]1.[Zr]. The largest absolute Gasteiger partial charge is 0.263 e. The minimum absolute atomic E-state index is 0. The van der Waals surface area contributed by atoms with Gasteiger partial charge in [0.2, 0.25) is 0 Å². The van der Waals surface area contributed by atoms with Gasteiger partial charge in [0.15, 0.2) is 0 Å². The molecule has 3 aromatic rings. The van der Waals surface area contributed by atoms with Gasteiger partial charge in [-0.1, -0.05) is 61.3 Å². The first kappa shape index (κ1) is 18.7. The molecule has 0 amide bonds. The van der Waals surface area contributed by atoms with E-state index in [1.807, 2.05) is 12.4 Å². The summed E-state index contributed by atoms with van der Waals surface area (Å²) in [5.74, 6) is 0. The fourth-order valence-electron chi connectivity index (χ4n) is 5.04. The summed E-state index contributed by atoms with van der Waals surface area (Å²) in [7, 11) is -1.11. The molecule has 0 atom stereocenters. The maximum absolute atomic E-state index is 4.19. The van der Waals surface area contributed by atoms with E-state index >= 15 is 0 Å². The van der Waals surface area contributed by atoms with Crippen molar-refractivity contribution in [1.29, 1.82) is 0 Å². The van der Waals surface area contributed by atoms with Crippen LogP contribution >= 0.6 is 0 Å². The van der Waals surface area contributed by atoms with E-state index in [9.17, 15) is 0 Å². The molecule has 7 rings (SSSR count). The summed E-state index contributed by atoms with van der Waals surface area (Å²) in [6.45, 7) is 9.27. The van der Waals surface area contributed by atoms with Crippen molar-refractivity contribution in [3.63, 3.8) is 0 Å². The van der Waals surface area contributed by atoms with Crippen molar-refractivity contribution in [3.05, 3.63) is 87.4 Å². The Bertz CT molecular complexity index is 1220. The first-order valence-electron chi connectivity index (χ1n) is 9.24. The molecule has 0 saturated carbocycles. The third kappa shape index (κ3) is 2.59. The van der Waals surface area contributed by atoms with Gasteiger partial charge < -0.3 is 0 Å². The van der Waals surface area contributed by atoms with Crippen LogP contribution in [0, 0.1) is 6.92 Å². The third-order valence-corrected chi connectivity index (χ3v) is 9.78. The molecule has 3 aliphatic heterocycles. The Morgan fingerprint density at radius 3 is 2.44 bits per heavy atom. The summed E-state index contributed by atoms with van der Waals surface area (Å²) >= 11 is 0. The summed E-state index contributed by atoms with van der Waals surface area (Å²) in [4.78, 5) is 4.19. The quantitative estimate of drug-likeness (QED) is 0.282. The molecule has 0 unspecified atom stereocenters. The van der Waals surface area contributed by atoms with Gasteiger partial charge in [-0.15, -0.1) is 28.5 Å².